The predicted octanol–water partition coefficient (Wildman–Crippen LogP) is 3.98. The van der Waals surface area contributed by atoms with Gasteiger partial charge in [-0.15, -0.1) is 10.2 Å². The molecule has 8 nitrogen and oxygen atoms in total. The van der Waals surface area contributed by atoms with E-state index in [0.717, 1.165) is 22.6 Å². The summed E-state index contributed by atoms with van der Waals surface area (Å²) in [4.78, 5) is 16.1. The van der Waals surface area contributed by atoms with Crippen LogP contribution in [0.1, 0.15) is 27.3 Å². The summed E-state index contributed by atoms with van der Waals surface area (Å²) in [5.74, 6) is 1.08. The lowest BCUT2D eigenvalue weighted by atomic mass is 10.2. The number of benzene rings is 1. The van der Waals surface area contributed by atoms with Crippen molar-refractivity contribution < 1.29 is 4.79 Å². The highest BCUT2D eigenvalue weighted by Crippen LogP contribution is 2.19. The summed E-state index contributed by atoms with van der Waals surface area (Å²) in [5.41, 5.74) is 5.20. The summed E-state index contributed by atoms with van der Waals surface area (Å²) >= 11 is 0. The molecule has 0 saturated carbocycles. The van der Waals surface area contributed by atoms with E-state index in [1.807, 2.05) is 57.2 Å². The van der Waals surface area contributed by atoms with Gasteiger partial charge in [0.05, 0.1) is 11.3 Å². The van der Waals surface area contributed by atoms with E-state index in [4.69, 9.17) is 0 Å². The third-order valence-corrected chi connectivity index (χ3v) is 4.86. The van der Waals surface area contributed by atoms with Crippen LogP contribution in [-0.4, -0.2) is 30.9 Å². The first-order valence-electron chi connectivity index (χ1n) is 9.46. The van der Waals surface area contributed by atoms with Crippen LogP contribution in [0, 0.1) is 20.8 Å². The maximum atomic E-state index is 12.2. The van der Waals surface area contributed by atoms with Crippen molar-refractivity contribution in [3.8, 4) is 5.82 Å². The van der Waals surface area contributed by atoms with E-state index in [9.17, 15) is 4.79 Å². The summed E-state index contributed by atoms with van der Waals surface area (Å²) in [6.07, 6.45) is 3.16. The topological polar surface area (TPSA) is 97.6 Å². The number of nitrogens with zero attached hydrogens (tertiary/aromatic N) is 5. The lowest BCUT2D eigenvalue weighted by Gasteiger charge is -2.09. The van der Waals surface area contributed by atoms with Crippen LogP contribution >= 0.6 is 0 Å². The van der Waals surface area contributed by atoms with Gasteiger partial charge in [-0.25, -0.2) is 4.68 Å². The van der Waals surface area contributed by atoms with E-state index in [0.29, 0.717) is 22.9 Å². The monoisotopic (exact) mass is 399 g/mol. The van der Waals surface area contributed by atoms with Crippen molar-refractivity contribution in [2.24, 2.45) is 0 Å². The van der Waals surface area contributed by atoms with Crippen LogP contribution in [0.25, 0.3) is 5.82 Å². The van der Waals surface area contributed by atoms with Gasteiger partial charge in [-0.05, 0) is 74.9 Å². The molecule has 0 aliphatic rings. The molecule has 4 aromatic rings. The van der Waals surface area contributed by atoms with Crippen molar-refractivity contribution in [2.45, 2.75) is 20.8 Å². The molecule has 150 valence electrons. The Morgan fingerprint density at radius 3 is 2.30 bits per heavy atom. The summed E-state index contributed by atoms with van der Waals surface area (Å²) in [5, 5.41) is 19.1. The van der Waals surface area contributed by atoms with E-state index < -0.39 is 0 Å². The highest BCUT2D eigenvalue weighted by molar-refractivity contribution is 6.04. The van der Waals surface area contributed by atoms with E-state index >= 15 is 0 Å². The second kappa shape index (κ2) is 8.12. The van der Waals surface area contributed by atoms with Gasteiger partial charge in [0.1, 0.15) is 0 Å². The van der Waals surface area contributed by atoms with E-state index in [-0.39, 0.29) is 5.91 Å². The molecule has 0 aliphatic carbocycles. The average molecular weight is 399 g/mol. The number of amides is 1. The van der Waals surface area contributed by atoms with Gasteiger partial charge in [-0.3, -0.25) is 9.78 Å². The summed E-state index contributed by atoms with van der Waals surface area (Å²) in [7, 11) is 0. The van der Waals surface area contributed by atoms with Gasteiger partial charge >= 0.3 is 0 Å². The lowest BCUT2D eigenvalue weighted by molar-refractivity contribution is 0.102. The summed E-state index contributed by atoms with van der Waals surface area (Å²) in [6, 6.07) is 14.5. The maximum Gasteiger partial charge on any atom is 0.257 e. The van der Waals surface area contributed by atoms with Gasteiger partial charge in [-0.1, -0.05) is 0 Å². The Bertz CT molecular complexity index is 1170. The highest BCUT2D eigenvalue weighted by atomic mass is 16.1. The Hall–Kier alpha value is -4.07. The Kier molecular flexibility index (Phi) is 5.21. The molecule has 0 unspecified atom stereocenters. The van der Waals surface area contributed by atoms with Gasteiger partial charge in [0.2, 0.25) is 0 Å². The number of carbonyl (C=O) groups excluding carboxylic acids is 1. The number of aromatic nitrogens is 5. The van der Waals surface area contributed by atoms with Crippen LogP contribution in [0.15, 0.2) is 60.9 Å². The maximum absolute atomic E-state index is 12.2. The van der Waals surface area contributed by atoms with Crippen LogP contribution in [-0.2, 0) is 0 Å². The quantitative estimate of drug-likeness (QED) is 0.527. The zero-order valence-corrected chi connectivity index (χ0v) is 16.9. The molecule has 4 rings (SSSR count). The minimum atomic E-state index is -0.204. The predicted molar refractivity (Wildman–Crippen MR) is 115 cm³/mol. The van der Waals surface area contributed by atoms with Gasteiger partial charge in [0, 0.05) is 29.5 Å². The molecule has 30 heavy (non-hydrogen) atoms. The molecule has 1 aromatic carbocycles. The molecule has 0 radical (unpaired) electrons. The van der Waals surface area contributed by atoms with Crippen molar-refractivity contribution >= 4 is 23.1 Å². The molecule has 2 N–H and O–H groups in total. The average Bonchev–Trinajstić information content (AvgIpc) is 3.03. The van der Waals surface area contributed by atoms with Crippen LogP contribution in [0.5, 0.6) is 0 Å². The number of hydrogen-bond donors (Lipinski definition) is 2. The van der Waals surface area contributed by atoms with Gasteiger partial charge in [0.25, 0.3) is 5.91 Å². The largest absolute Gasteiger partial charge is 0.339 e. The molecular weight excluding hydrogens is 378 g/mol. The Labute approximate surface area is 174 Å². The summed E-state index contributed by atoms with van der Waals surface area (Å²) in [6.45, 7) is 6.03. The first-order chi connectivity index (χ1) is 14.5. The normalized spacial score (nSPS) is 10.6. The molecule has 0 spiro atoms. The second-order valence-corrected chi connectivity index (χ2v) is 6.88. The minimum absolute atomic E-state index is 0.204. The van der Waals surface area contributed by atoms with Crippen LogP contribution in [0.3, 0.4) is 0 Å². The molecule has 3 aromatic heterocycles. The zero-order chi connectivity index (χ0) is 21.1. The van der Waals surface area contributed by atoms with Crippen molar-refractivity contribution in [3.63, 3.8) is 0 Å². The van der Waals surface area contributed by atoms with Crippen LogP contribution < -0.4 is 10.6 Å². The third-order valence-electron chi connectivity index (χ3n) is 4.86. The first kappa shape index (κ1) is 19.3. The smallest absolute Gasteiger partial charge is 0.257 e. The number of nitrogens with one attached hydrogen (secondary N) is 2. The zero-order valence-electron chi connectivity index (χ0n) is 16.9. The molecule has 0 aliphatic heterocycles. The van der Waals surface area contributed by atoms with Gasteiger partial charge in [-0.2, -0.15) is 5.10 Å². The van der Waals surface area contributed by atoms with Crippen LogP contribution in [0.4, 0.5) is 17.2 Å². The SMILES string of the molecule is Cc1nn(-c2ccc(Nc3ccc(NC(=O)c4cccnc4)cc3)nn2)c(C)c1C. The molecule has 0 saturated heterocycles. The van der Waals surface area contributed by atoms with E-state index in [2.05, 4.69) is 30.9 Å². The Morgan fingerprint density at radius 1 is 0.933 bits per heavy atom. The number of anilines is 3. The first-order valence-corrected chi connectivity index (χ1v) is 9.46. The highest BCUT2D eigenvalue weighted by Gasteiger charge is 2.10. The summed E-state index contributed by atoms with van der Waals surface area (Å²) < 4.78 is 1.79. The molecule has 0 bridgehead atoms. The van der Waals surface area contributed by atoms with Crippen molar-refractivity contribution in [1.82, 2.24) is 25.0 Å². The number of aryl methyl sites for hydroxylation is 1. The third kappa shape index (κ3) is 4.02. The lowest BCUT2D eigenvalue weighted by Crippen LogP contribution is -2.11. The molecular formula is C22H21N7O. The Balaban J connectivity index is 1.42. The van der Waals surface area contributed by atoms with Crippen molar-refractivity contribution in [1.29, 1.82) is 0 Å². The van der Waals surface area contributed by atoms with E-state index in [1.165, 1.54) is 6.20 Å². The van der Waals surface area contributed by atoms with Crippen LogP contribution in [0.2, 0.25) is 0 Å². The number of hydrogen-bond acceptors (Lipinski definition) is 6. The number of rotatable bonds is 5. The molecule has 0 fully saturated rings. The fourth-order valence-electron chi connectivity index (χ4n) is 2.93. The number of pyridine rings is 1. The molecule has 0 atom stereocenters. The molecule has 8 heteroatoms. The second-order valence-electron chi connectivity index (χ2n) is 6.88. The fourth-order valence-corrected chi connectivity index (χ4v) is 2.93. The Morgan fingerprint density at radius 2 is 1.70 bits per heavy atom. The van der Waals surface area contributed by atoms with Crippen molar-refractivity contribution in [3.05, 3.63) is 83.4 Å². The van der Waals surface area contributed by atoms with Crippen molar-refractivity contribution in [2.75, 3.05) is 10.6 Å². The van der Waals surface area contributed by atoms with E-state index in [1.54, 1.807) is 23.0 Å². The standard InChI is InChI=1S/C22H21N7O/c1-14-15(2)28-29(16(14)3)21-11-10-20(26-27-21)24-18-6-8-19(9-7-18)25-22(30)17-5-4-12-23-13-17/h4-13H,1-3H3,(H,24,26)(H,25,30). The number of carbonyl (C=O) groups is 1. The van der Waals surface area contributed by atoms with Gasteiger partial charge < -0.3 is 10.6 Å². The van der Waals surface area contributed by atoms with Gasteiger partial charge in [0.15, 0.2) is 11.6 Å². The molecule has 3 heterocycles. The minimum Gasteiger partial charge on any atom is -0.339 e. The fraction of sp³-hybridized carbons (Fsp3) is 0.136. The molecule has 1 amide bonds.